The van der Waals surface area contributed by atoms with E-state index in [4.69, 9.17) is 4.74 Å². The van der Waals surface area contributed by atoms with Crippen molar-refractivity contribution in [1.29, 1.82) is 0 Å². The van der Waals surface area contributed by atoms with Crippen LogP contribution >= 0.6 is 0 Å². The molecule has 4 nitrogen and oxygen atoms in total. The van der Waals surface area contributed by atoms with E-state index in [0.29, 0.717) is 12.0 Å². The molecule has 4 heteroatoms. The van der Waals surface area contributed by atoms with Gasteiger partial charge in [-0.15, -0.1) is 0 Å². The van der Waals surface area contributed by atoms with E-state index in [1.165, 1.54) is 19.3 Å². The second-order valence-electron chi connectivity index (χ2n) is 4.77. The van der Waals surface area contributed by atoms with Gasteiger partial charge in [-0.2, -0.15) is 0 Å². The van der Waals surface area contributed by atoms with Crippen LogP contribution in [0.1, 0.15) is 26.2 Å². The number of hydrogen-bond donors (Lipinski definition) is 1. The third-order valence-electron chi connectivity index (χ3n) is 3.21. The summed E-state index contributed by atoms with van der Waals surface area (Å²) in [6.45, 7) is 6.04. The van der Waals surface area contributed by atoms with Gasteiger partial charge in [-0.3, -0.25) is 4.99 Å². The molecule has 0 amide bonds. The van der Waals surface area contributed by atoms with E-state index < -0.39 is 0 Å². The van der Waals surface area contributed by atoms with Gasteiger partial charge in [0.25, 0.3) is 0 Å². The van der Waals surface area contributed by atoms with Crippen LogP contribution in [0.4, 0.5) is 0 Å². The highest BCUT2D eigenvalue weighted by Gasteiger charge is 2.28. The third-order valence-corrected chi connectivity index (χ3v) is 3.21. The molecule has 1 aliphatic heterocycles. The van der Waals surface area contributed by atoms with Gasteiger partial charge in [0.05, 0.1) is 6.61 Å². The number of guanidine groups is 1. The zero-order valence-electron chi connectivity index (χ0n) is 10.4. The van der Waals surface area contributed by atoms with Crippen molar-refractivity contribution >= 4 is 5.96 Å². The lowest BCUT2D eigenvalue weighted by Gasteiger charge is -2.21. The molecule has 0 aromatic rings. The number of nitrogens with one attached hydrogen (secondary N) is 1. The van der Waals surface area contributed by atoms with Gasteiger partial charge in [0.2, 0.25) is 0 Å². The maximum atomic E-state index is 5.22. The van der Waals surface area contributed by atoms with E-state index in [1.54, 1.807) is 7.11 Å². The minimum atomic E-state index is 0.674. The van der Waals surface area contributed by atoms with Gasteiger partial charge in [0.15, 0.2) is 5.96 Å². The van der Waals surface area contributed by atoms with Crippen molar-refractivity contribution in [3.05, 3.63) is 0 Å². The van der Waals surface area contributed by atoms with Crippen molar-refractivity contribution < 1.29 is 4.74 Å². The Balaban J connectivity index is 1.85. The third kappa shape index (κ3) is 3.11. The van der Waals surface area contributed by atoms with Crippen LogP contribution in [0, 0.1) is 5.92 Å². The first-order valence-corrected chi connectivity index (χ1v) is 6.38. The maximum Gasteiger partial charge on any atom is 0.194 e. The molecule has 1 saturated carbocycles. The summed E-state index contributed by atoms with van der Waals surface area (Å²) in [6, 6.07) is 0.687. The second kappa shape index (κ2) is 5.53. The van der Waals surface area contributed by atoms with Crippen molar-refractivity contribution in [2.75, 3.05) is 33.4 Å². The maximum absolute atomic E-state index is 5.22. The lowest BCUT2D eigenvalue weighted by atomic mass is 10.1. The molecule has 2 aliphatic rings. The van der Waals surface area contributed by atoms with Crippen LogP contribution in [0.3, 0.4) is 0 Å². The first-order valence-electron chi connectivity index (χ1n) is 6.38. The average Bonchev–Trinajstić information content (AvgIpc) is 2.96. The summed E-state index contributed by atoms with van der Waals surface area (Å²) in [5.74, 6) is 1.79. The first-order chi connectivity index (χ1) is 7.83. The van der Waals surface area contributed by atoms with Gasteiger partial charge in [-0.1, -0.05) is 0 Å². The zero-order valence-corrected chi connectivity index (χ0v) is 10.4. The van der Waals surface area contributed by atoms with Gasteiger partial charge in [-0.25, -0.2) is 0 Å². The quantitative estimate of drug-likeness (QED) is 0.574. The number of ether oxygens (including phenoxy) is 1. The molecule has 1 aliphatic carbocycles. The Labute approximate surface area is 98.1 Å². The Morgan fingerprint density at radius 3 is 2.88 bits per heavy atom. The summed E-state index contributed by atoms with van der Waals surface area (Å²) in [5.41, 5.74) is 0. The molecule has 2 rings (SSSR count). The minimum Gasteiger partial charge on any atom is -0.384 e. The van der Waals surface area contributed by atoms with Gasteiger partial charge in [-0.05, 0) is 26.2 Å². The Hall–Kier alpha value is -0.770. The van der Waals surface area contributed by atoms with Gasteiger partial charge >= 0.3 is 0 Å². The Morgan fingerprint density at radius 1 is 1.44 bits per heavy atom. The van der Waals surface area contributed by atoms with Crippen LogP contribution in [0.15, 0.2) is 4.99 Å². The molecular formula is C12H23N3O. The standard InChI is InChI=1S/C12H23N3O/c1-3-13-12(14-11-4-5-11)15-7-6-10(8-15)9-16-2/h10-11H,3-9H2,1-2H3,(H,13,14). The van der Waals surface area contributed by atoms with Crippen LogP contribution in [0.2, 0.25) is 0 Å². The molecule has 0 aromatic carbocycles. The molecule has 1 atom stereocenters. The predicted octanol–water partition coefficient (Wildman–Crippen LogP) is 1.08. The molecule has 16 heavy (non-hydrogen) atoms. The summed E-state index contributed by atoms with van der Waals surface area (Å²) in [5, 5.41) is 3.53. The van der Waals surface area contributed by atoms with Crippen molar-refractivity contribution in [2.24, 2.45) is 10.9 Å². The van der Waals surface area contributed by atoms with Crippen LogP contribution in [-0.2, 0) is 4.74 Å². The monoisotopic (exact) mass is 225 g/mol. The van der Waals surface area contributed by atoms with Crippen LogP contribution in [0.25, 0.3) is 0 Å². The van der Waals surface area contributed by atoms with E-state index in [2.05, 4.69) is 22.1 Å². The van der Waals surface area contributed by atoms with E-state index in [1.807, 2.05) is 0 Å². The predicted molar refractivity (Wildman–Crippen MR) is 65.7 cm³/mol. The highest BCUT2D eigenvalue weighted by atomic mass is 16.5. The van der Waals surface area contributed by atoms with E-state index in [-0.39, 0.29) is 0 Å². The summed E-state index contributed by atoms with van der Waals surface area (Å²) in [4.78, 5) is 6.95. The lowest BCUT2D eigenvalue weighted by molar-refractivity contribution is 0.157. The SMILES string of the molecule is CCN=C(NC1CC1)N1CCC(COC)C1. The Kier molecular flexibility index (Phi) is 4.04. The Morgan fingerprint density at radius 2 is 2.25 bits per heavy atom. The smallest absolute Gasteiger partial charge is 0.194 e. The number of nitrogens with zero attached hydrogens (tertiary/aromatic N) is 2. The topological polar surface area (TPSA) is 36.9 Å². The minimum absolute atomic E-state index is 0.674. The van der Waals surface area contributed by atoms with Crippen LogP contribution in [-0.4, -0.2) is 50.3 Å². The second-order valence-corrected chi connectivity index (χ2v) is 4.77. The summed E-state index contributed by atoms with van der Waals surface area (Å²) < 4.78 is 5.22. The van der Waals surface area contributed by atoms with Crippen LogP contribution in [0.5, 0.6) is 0 Å². The van der Waals surface area contributed by atoms with Crippen molar-refractivity contribution in [3.63, 3.8) is 0 Å². The van der Waals surface area contributed by atoms with Crippen molar-refractivity contribution in [1.82, 2.24) is 10.2 Å². The van der Waals surface area contributed by atoms with Gasteiger partial charge < -0.3 is 15.0 Å². The molecule has 2 fully saturated rings. The molecule has 0 radical (unpaired) electrons. The van der Waals surface area contributed by atoms with Gasteiger partial charge in [0.1, 0.15) is 0 Å². The number of rotatable bonds is 4. The zero-order chi connectivity index (χ0) is 11.4. The fraction of sp³-hybridized carbons (Fsp3) is 0.917. The number of likely N-dealkylation sites (tertiary alicyclic amines) is 1. The normalized spacial score (nSPS) is 26.2. The Bertz CT molecular complexity index is 251. The highest BCUT2D eigenvalue weighted by Crippen LogP contribution is 2.21. The summed E-state index contributed by atoms with van der Waals surface area (Å²) in [7, 11) is 1.78. The number of hydrogen-bond acceptors (Lipinski definition) is 2. The summed E-state index contributed by atoms with van der Waals surface area (Å²) in [6.07, 6.45) is 3.83. The average molecular weight is 225 g/mol. The van der Waals surface area contributed by atoms with E-state index in [9.17, 15) is 0 Å². The van der Waals surface area contributed by atoms with E-state index in [0.717, 1.165) is 32.2 Å². The molecule has 1 unspecified atom stereocenters. The lowest BCUT2D eigenvalue weighted by Crippen LogP contribution is -2.41. The van der Waals surface area contributed by atoms with Gasteiger partial charge in [0, 0.05) is 38.7 Å². The van der Waals surface area contributed by atoms with Crippen molar-refractivity contribution in [2.45, 2.75) is 32.2 Å². The molecule has 1 heterocycles. The molecule has 0 spiro atoms. The largest absolute Gasteiger partial charge is 0.384 e. The highest BCUT2D eigenvalue weighted by molar-refractivity contribution is 5.80. The molecular weight excluding hydrogens is 202 g/mol. The molecule has 92 valence electrons. The number of methoxy groups -OCH3 is 1. The van der Waals surface area contributed by atoms with Crippen molar-refractivity contribution in [3.8, 4) is 0 Å². The molecule has 1 saturated heterocycles. The number of aliphatic imine (C=N–C) groups is 1. The molecule has 0 bridgehead atoms. The summed E-state index contributed by atoms with van der Waals surface area (Å²) >= 11 is 0. The fourth-order valence-electron chi connectivity index (χ4n) is 2.19. The van der Waals surface area contributed by atoms with E-state index >= 15 is 0 Å². The molecule has 1 N–H and O–H groups in total. The first kappa shape index (κ1) is 11.7. The molecule has 0 aromatic heterocycles. The van der Waals surface area contributed by atoms with Crippen LogP contribution < -0.4 is 5.32 Å². The fourth-order valence-corrected chi connectivity index (χ4v) is 2.19.